The highest BCUT2D eigenvalue weighted by Gasteiger charge is 2.02. The average molecular weight is 234 g/mol. The van der Waals surface area contributed by atoms with Gasteiger partial charge < -0.3 is 4.74 Å². The molecule has 0 aliphatic rings. The molecule has 2 aromatic rings. The first kappa shape index (κ1) is 11.0. The average Bonchev–Trinajstić information content (AvgIpc) is 2.32. The predicted molar refractivity (Wildman–Crippen MR) is 65.0 cm³/mol. The molecule has 1 aromatic carbocycles. The Bertz CT molecular complexity index is 485. The summed E-state index contributed by atoms with van der Waals surface area (Å²) >= 11 is 5.76. The summed E-state index contributed by atoms with van der Waals surface area (Å²) < 4.78 is 5.68. The van der Waals surface area contributed by atoms with Gasteiger partial charge in [-0.05, 0) is 30.7 Å². The van der Waals surface area contributed by atoms with Crippen molar-refractivity contribution in [1.29, 1.82) is 0 Å². The Balaban J connectivity index is 2.24. The lowest BCUT2D eigenvalue weighted by molar-refractivity contribution is 0.458. The molecule has 0 saturated carbocycles. The summed E-state index contributed by atoms with van der Waals surface area (Å²) in [6, 6.07) is 11.5. The Labute approximate surface area is 99.9 Å². The highest BCUT2D eigenvalue weighted by Crippen LogP contribution is 2.23. The molecular formula is C13H12ClNO. The molecule has 0 N–H and O–H groups in total. The van der Waals surface area contributed by atoms with E-state index in [2.05, 4.69) is 4.98 Å². The Morgan fingerprint density at radius 3 is 2.88 bits per heavy atom. The van der Waals surface area contributed by atoms with E-state index in [1.165, 1.54) is 0 Å². The maximum Gasteiger partial charge on any atom is 0.222 e. The van der Waals surface area contributed by atoms with E-state index in [1.807, 2.05) is 43.3 Å². The summed E-state index contributed by atoms with van der Waals surface area (Å²) in [5.74, 6) is 1.88. The standard InChI is InChI=1S/C13H12ClNO/c1-10-4-3-7-15-13(10)16-12-6-2-5-11(8-12)9-14/h2-8H,9H2,1H3. The van der Waals surface area contributed by atoms with Gasteiger partial charge in [-0.3, -0.25) is 0 Å². The van der Waals surface area contributed by atoms with Crippen LogP contribution >= 0.6 is 11.6 Å². The fraction of sp³-hybridized carbons (Fsp3) is 0.154. The van der Waals surface area contributed by atoms with Crippen LogP contribution in [0.2, 0.25) is 0 Å². The first-order valence-corrected chi connectivity index (χ1v) is 5.57. The van der Waals surface area contributed by atoms with Crippen molar-refractivity contribution in [3.05, 3.63) is 53.7 Å². The second-order valence-corrected chi connectivity index (χ2v) is 3.78. The molecule has 0 saturated heterocycles. The first-order valence-electron chi connectivity index (χ1n) is 5.04. The van der Waals surface area contributed by atoms with Gasteiger partial charge >= 0.3 is 0 Å². The Kier molecular flexibility index (Phi) is 3.42. The van der Waals surface area contributed by atoms with Gasteiger partial charge in [-0.25, -0.2) is 4.98 Å². The van der Waals surface area contributed by atoms with Crippen molar-refractivity contribution >= 4 is 11.6 Å². The van der Waals surface area contributed by atoms with Crippen molar-refractivity contribution in [2.24, 2.45) is 0 Å². The SMILES string of the molecule is Cc1cccnc1Oc1cccc(CCl)c1. The molecular weight excluding hydrogens is 222 g/mol. The van der Waals surface area contributed by atoms with Gasteiger partial charge in [0.25, 0.3) is 0 Å². The summed E-state index contributed by atoms with van der Waals surface area (Å²) in [4.78, 5) is 4.17. The number of ether oxygens (including phenoxy) is 1. The third-order valence-corrected chi connectivity index (χ3v) is 2.54. The monoisotopic (exact) mass is 233 g/mol. The molecule has 2 nitrogen and oxygen atoms in total. The molecule has 0 amide bonds. The Morgan fingerprint density at radius 1 is 1.25 bits per heavy atom. The molecule has 1 heterocycles. The van der Waals surface area contributed by atoms with Crippen molar-refractivity contribution in [3.8, 4) is 11.6 Å². The number of rotatable bonds is 3. The van der Waals surface area contributed by atoms with E-state index in [4.69, 9.17) is 16.3 Å². The van der Waals surface area contributed by atoms with Crippen LogP contribution in [0.3, 0.4) is 0 Å². The summed E-state index contributed by atoms with van der Waals surface area (Å²) in [5, 5.41) is 0. The third-order valence-electron chi connectivity index (χ3n) is 2.23. The lowest BCUT2D eigenvalue weighted by atomic mass is 10.2. The number of aromatic nitrogens is 1. The number of pyridine rings is 1. The van der Waals surface area contributed by atoms with Gasteiger partial charge in [0.2, 0.25) is 5.88 Å². The molecule has 0 atom stereocenters. The Morgan fingerprint density at radius 2 is 2.12 bits per heavy atom. The minimum atomic E-state index is 0.485. The molecule has 1 aromatic heterocycles. The number of hydrogen-bond acceptors (Lipinski definition) is 2. The van der Waals surface area contributed by atoms with E-state index in [9.17, 15) is 0 Å². The van der Waals surface area contributed by atoms with Crippen LogP contribution in [0.1, 0.15) is 11.1 Å². The fourth-order valence-corrected chi connectivity index (χ4v) is 1.55. The van der Waals surface area contributed by atoms with Crippen LogP contribution < -0.4 is 4.74 Å². The van der Waals surface area contributed by atoms with Crippen LogP contribution in [0.15, 0.2) is 42.6 Å². The number of benzene rings is 1. The molecule has 0 radical (unpaired) electrons. The molecule has 0 spiro atoms. The minimum absolute atomic E-state index is 0.485. The maximum absolute atomic E-state index is 5.76. The highest BCUT2D eigenvalue weighted by molar-refractivity contribution is 6.17. The third kappa shape index (κ3) is 2.52. The predicted octanol–water partition coefficient (Wildman–Crippen LogP) is 3.92. The van der Waals surface area contributed by atoms with Crippen LogP contribution in [0, 0.1) is 6.92 Å². The molecule has 0 unspecified atom stereocenters. The summed E-state index contributed by atoms with van der Waals surface area (Å²) in [5.41, 5.74) is 2.05. The fourth-order valence-electron chi connectivity index (χ4n) is 1.38. The van der Waals surface area contributed by atoms with Crippen LogP contribution in [0.5, 0.6) is 11.6 Å². The number of alkyl halides is 1. The maximum atomic E-state index is 5.76. The smallest absolute Gasteiger partial charge is 0.222 e. The number of hydrogen-bond donors (Lipinski definition) is 0. The molecule has 0 fully saturated rings. The lowest BCUT2D eigenvalue weighted by Crippen LogP contribution is -1.91. The summed E-state index contributed by atoms with van der Waals surface area (Å²) in [7, 11) is 0. The van der Waals surface area contributed by atoms with Crippen LogP contribution in [-0.4, -0.2) is 4.98 Å². The molecule has 0 bridgehead atoms. The number of halogens is 1. The van der Waals surface area contributed by atoms with Gasteiger partial charge in [0.1, 0.15) is 5.75 Å². The van der Waals surface area contributed by atoms with Crippen molar-refractivity contribution in [1.82, 2.24) is 4.98 Å². The van der Waals surface area contributed by atoms with Gasteiger partial charge in [0.05, 0.1) is 0 Å². The molecule has 0 aliphatic heterocycles. The van der Waals surface area contributed by atoms with Gasteiger partial charge in [-0.15, -0.1) is 11.6 Å². The zero-order valence-corrected chi connectivity index (χ0v) is 9.74. The van der Waals surface area contributed by atoms with Gasteiger partial charge in [-0.2, -0.15) is 0 Å². The van der Waals surface area contributed by atoms with Crippen molar-refractivity contribution in [3.63, 3.8) is 0 Å². The number of aryl methyl sites for hydroxylation is 1. The summed E-state index contributed by atoms with van der Waals surface area (Å²) in [6.45, 7) is 1.97. The minimum Gasteiger partial charge on any atom is -0.439 e. The largest absolute Gasteiger partial charge is 0.439 e. The molecule has 16 heavy (non-hydrogen) atoms. The van der Waals surface area contributed by atoms with Gasteiger partial charge in [-0.1, -0.05) is 18.2 Å². The van der Waals surface area contributed by atoms with Gasteiger partial charge in [0, 0.05) is 17.6 Å². The van der Waals surface area contributed by atoms with E-state index in [0.29, 0.717) is 11.8 Å². The number of nitrogens with zero attached hydrogens (tertiary/aromatic N) is 1. The molecule has 82 valence electrons. The zero-order valence-electron chi connectivity index (χ0n) is 8.98. The molecule has 3 heteroatoms. The lowest BCUT2D eigenvalue weighted by Gasteiger charge is -2.07. The van der Waals surface area contributed by atoms with Gasteiger partial charge in [0.15, 0.2) is 0 Å². The molecule has 2 rings (SSSR count). The molecule has 0 aliphatic carbocycles. The highest BCUT2D eigenvalue weighted by atomic mass is 35.5. The first-order chi connectivity index (χ1) is 7.79. The van der Waals surface area contributed by atoms with E-state index in [1.54, 1.807) is 6.20 Å². The normalized spacial score (nSPS) is 10.1. The van der Waals surface area contributed by atoms with Crippen molar-refractivity contribution < 1.29 is 4.74 Å². The van der Waals surface area contributed by atoms with Crippen LogP contribution in [0.4, 0.5) is 0 Å². The van der Waals surface area contributed by atoms with Crippen molar-refractivity contribution in [2.75, 3.05) is 0 Å². The van der Waals surface area contributed by atoms with Crippen molar-refractivity contribution in [2.45, 2.75) is 12.8 Å². The van der Waals surface area contributed by atoms with Crippen LogP contribution in [-0.2, 0) is 5.88 Å². The quantitative estimate of drug-likeness (QED) is 0.750. The Hall–Kier alpha value is -1.54. The van der Waals surface area contributed by atoms with E-state index in [-0.39, 0.29) is 0 Å². The topological polar surface area (TPSA) is 22.1 Å². The second-order valence-electron chi connectivity index (χ2n) is 3.51. The van der Waals surface area contributed by atoms with E-state index >= 15 is 0 Å². The van der Waals surface area contributed by atoms with E-state index in [0.717, 1.165) is 16.9 Å². The second kappa shape index (κ2) is 4.99. The van der Waals surface area contributed by atoms with E-state index < -0.39 is 0 Å². The zero-order chi connectivity index (χ0) is 11.4. The van der Waals surface area contributed by atoms with Crippen LogP contribution in [0.25, 0.3) is 0 Å². The summed E-state index contributed by atoms with van der Waals surface area (Å²) in [6.07, 6.45) is 1.72.